The summed E-state index contributed by atoms with van der Waals surface area (Å²) in [4.78, 5) is 14.7. The van der Waals surface area contributed by atoms with E-state index in [1.54, 1.807) is 0 Å². The van der Waals surface area contributed by atoms with Crippen molar-refractivity contribution in [2.45, 2.75) is 6.42 Å². The summed E-state index contributed by atoms with van der Waals surface area (Å²) in [5.41, 5.74) is 2.65. The van der Waals surface area contributed by atoms with Gasteiger partial charge in [-0.15, -0.1) is 0 Å². The third-order valence-corrected chi connectivity index (χ3v) is 3.51. The van der Waals surface area contributed by atoms with Crippen LogP contribution < -0.4 is 5.32 Å². The van der Waals surface area contributed by atoms with Gasteiger partial charge in [0.25, 0.3) is 5.91 Å². The van der Waals surface area contributed by atoms with Gasteiger partial charge in [0.15, 0.2) is 0 Å². The Morgan fingerprint density at radius 2 is 1.61 bits per heavy atom. The molecule has 2 aromatic carbocycles. The zero-order valence-electron chi connectivity index (χ0n) is 13.8. The van der Waals surface area contributed by atoms with Crippen LogP contribution in [0.5, 0.6) is 0 Å². The van der Waals surface area contributed by atoms with Crippen LogP contribution in [0.15, 0.2) is 60.7 Å². The van der Waals surface area contributed by atoms with Gasteiger partial charge in [-0.3, -0.25) is 4.79 Å². The molecule has 0 heterocycles. The fraction of sp³-hybridized carbons (Fsp3) is 0.250. The number of rotatable bonds is 7. The number of benzene rings is 2. The van der Waals surface area contributed by atoms with Crippen LogP contribution in [-0.4, -0.2) is 38.0 Å². The summed E-state index contributed by atoms with van der Waals surface area (Å²) in [6, 6.07) is 19.7. The first-order chi connectivity index (χ1) is 11.2. The quantitative estimate of drug-likeness (QED) is 0.483. The van der Waals surface area contributed by atoms with Gasteiger partial charge in [-0.25, -0.2) is 0 Å². The number of hydrogen-bond acceptors (Lipinski definition) is 2. The first kappa shape index (κ1) is 17.0. The van der Waals surface area contributed by atoms with Gasteiger partial charge in [0, 0.05) is 12.1 Å². The summed E-state index contributed by atoms with van der Waals surface area (Å²) in [6.45, 7) is 1.64. The van der Waals surface area contributed by atoms with E-state index < -0.39 is 0 Å². The molecule has 0 atom stereocenters. The van der Waals surface area contributed by atoms with Crippen LogP contribution in [0.1, 0.15) is 17.5 Å². The summed E-state index contributed by atoms with van der Waals surface area (Å²) >= 11 is 0. The van der Waals surface area contributed by atoms with Crippen molar-refractivity contribution in [2.24, 2.45) is 0 Å². The SMILES string of the molecule is CN(C)CCCNC(=O)/C(=C/c1ccccc1)c1ccccc1. The molecule has 0 bridgehead atoms. The molecule has 3 heteroatoms. The van der Waals surface area contributed by atoms with Crippen molar-refractivity contribution in [2.75, 3.05) is 27.2 Å². The van der Waals surface area contributed by atoms with Crippen LogP contribution in [0.25, 0.3) is 11.6 Å². The molecular formula is C20H24N2O. The van der Waals surface area contributed by atoms with Crippen molar-refractivity contribution in [3.05, 3.63) is 71.8 Å². The molecule has 0 fully saturated rings. The molecule has 23 heavy (non-hydrogen) atoms. The molecular weight excluding hydrogens is 284 g/mol. The summed E-state index contributed by atoms with van der Waals surface area (Å²) in [5.74, 6) is -0.0289. The molecule has 120 valence electrons. The first-order valence-electron chi connectivity index (χ1n) is 7.92. The maximum Gasteiger partial charge on any atom is 0.251 e. The minimum atomic E-state index is -0.0289. The Hall–Kier alpha value is -2.39. The third-order valence-electron chi connectivity index (χ3n) is 3.51. The maximum atomic E-state index is 12.6. The second kappa shape index (κ2) is 8.91. The van der Waals surface area contributed by atoms with Crippen molar-refractivity contribution in [1.29, 1.82) is 0 Å². The number of nitrogens with zero attached hydrogens (tertiary/aromatic N) is 1. The highest BCUT2D eigenvalue weighted by Gasteiger charge is 2.11. The minimum absolute atomic E-state index is 0.0289. The van der Waals surface area contributed by atoms with Crippen molar-refractivity contribution in [3.63, 3.8) is 0 Å². The van der Waals surface area contributed by atoms with Crippen molar-refractivity contribution in [1.82, 2.24) is 10.2 Å². The molecule has 0 aliphatic carbocycles. The molecule has 0 spiro atoms. The molecule has 2 aromatic rings. The van der Waals surface area contributed by atoms with Crippen LogP contribution >= 0.6 is 0 Å². The summed E-state index contributed by atoms with van der Waals surface area (Å²) in [6.07, 6.45) is 2.88. The van der Waals surface area contributed by atoms with Gasteiger partial charge in [-0.1, -0.05) is 60.7 Å². The van der Waals surface area contributed by atoms with E-state index in [4.69, 9.17) is 0 Å². The van der Waals surface area contributed by atoms with Crippen LogP contribution in [0.3, 0.4) is 0 Å². The average molecular weight is 308 g/mol. The van der Waals surface area contributed by atoms with E-state index in [0.29, 0.717) is 12.1 Å². The topological polar surface area (TPSA) is 32.3 Å². The number of nitrogens with one attached hydrogen (secondary N) is 1. The van der Waals surface area contributed by atoms with E-state index in [2.05, 4.69) is 10.2 Å². The standard InChI is InChI=1S/C20H24N2O/c1-22(2)15-9-14-21-20(23)19(18-12-7-4-8-13-18)16-17-10-5-3-6-11-17/h3-8,10-13,16H,9,14-15H2,1-2H3,(H,21,23)/b19-16+. The summed E-state index contributed by atoms with van der Waals surface area (Å²) in [5, 5.41) is 3.02. The van der Waals surface area contributed by atoms with E-state index >= 15 is 0 Å². The molecule has 2 rings (SSSR count). The first-order valence-corrected chi connectivity index (χ1v) is 7.92. The van der Waals surface area contributed by atoms with E-state index in [-0.39, 0.29) is 5.91 Å². The molecule has 0 aliphatic rings. The zero-order chi connectivity index (χ0) is 16.5. The Morgan fingerprint density at radius 1 is 1.00 bits per heavy atom. The summed E-state index contributed by atoms with van der Waals surface area (Å²) in [7, 11) is 4.07. The number of amides is 1. The minimum Gasteiger partial charge on any atom is -0.352 e. The molecule has 3 nitrogen and oxygen atoms in total. The van der Waals surface area contributed by atoms with Crippen molar-refractivity contribution < 1.29 is 4.79 Å². The van der Waals surface area contributed by atoms with Gasteiger partial charge in [-0.2, -0.15) is 0 Å². The third kappa shape index (κ3) is 5.72. The number of carbonyl (C=O) groups excluding carboxylic acids is 1. The second-order valence-electron chi connectivity index (χ2n) is 5.75. The predicted octanol–water partition coefficient (Wildman–Crippen LogP) is 3.30. The lowest BCUT2D eigenvalue weighted by molar-refractivity contribution is -0.115. The van der Waals surface area contributed by atoms with Crippen molar-refractivity contribution >= 4 is 17.6 Å². The van der Waals surface area contributed by atoms with Gasteiger partial charge in [-0.05, 0) is 44.3 Å². The Balaban J connectivity index is 2.14. The molecule has 0 saturated carbocycles. The smallest absolute Gasteiger partial charge is 0.251 e. The highest BCUT2D eigenvalue weighted by molar-refractivity contribution is 6.24. The lowest BCUT2D eigenvalue weighted by Crippen LogP contribution is -2.27. The Morgan fingerprint density at radius 3 is 2.22 bits per heavy atom. The Labute approximate surface area is 138 Å². The number of hydrogen-bond donors (Lipinski definition) is 1. The fourth-order valence-corrected chi connectivity index (χ4v) is 2.31. The lowest BCUT2D eigenvalue weighted by Gasteiger charge is -2.12. The predicted molar refractivity (Wildman–Crippen MR) is 96.9 cm³/mol. The van der Waals surface area contributed by atoms with Crippen LogP contribution in [0, 0.1) is 0 Å². The van der Waals surface area contributed by atoms with Crippen LogP contribution in [0.2, 0.25) is 0 Å². The van der Waals surface area contributed by atoms with Gasteiger partial charge in [0.1, 0.15) is 0 Å². The molecule has 0 saturated heterocycles. The molecule has 1 amide bonds. The summed E-state index contributed by atoms with van der Waals surface area (Å²) < 4.78 is 0. The maximum absolute atomic E-state index is 12.6. The van der Waals surface area contributed by atoms with Gasteiger partial charge in [0.05, 0.1) is 0 Å². The number of carbonyl (C=O) groups is 1. The molecule has 1 N–H and O–H groups in total. The highest BCUT2D eigenvalue weighted by Crippen LogP contribution is 2.18. The Bertz CT molecular complexity index is 633. The zero-order valence-corrected chi connectivity index (χ0v) is 13.8. The van der Waals surface area contributed by atoms with E-state index in [0.717, 1.165) is 24.1 Å². The van der Waals surface area contributed by atoms with Gasteiger partial charge < -0.3 is 10.2 Å². The average Bonchev–Trinajstić information content (AvgIpc) is 2.58. The fourth-order valence-electron chi connectivity index (χ4n) is 2.31. The van der Waals surface area contributed by atoms with Crippen molar-refractivity contribution in [3.8, 4) is 0 Å². The van der Waals surface area contributed by atoms with Crippen LogP contribution in [0.4, 0.5) is 0 Å². The largest absolute Gasteiger partial charge is 0.352 e. The second-order valence-corrected chi connectivity index (χ2v) is 5.75. The molecule has 0 radical (unpaired) electrons. The van der Waals surface area contributed by atoms with E-state index in [1.807, 2.05) is 80.8 Å². The molecule has 0 aromatic heterocycles. The molecule has 0 unspecified atom stereocenters. The normalized spacial score (nSPS) is 11.5. The monoisotopic (exact) mass is 308 g/mol. The lowest BCUT2D eigenvalue weighted by atomic mass is 10.0. The van der Waals surface area contributed by atoms with E-state index in [1.165, 1.54) is 0 Å². The Kier molecular flexibility index (Phi) is 6.57. The van der Waals surface area contributed by atoms with Crippen LogP contribution in [-0.2, 0) is 4.79 Å². The molecule has 0 aliphatic heterocycles. The highest BCUT2D eigenvalue weighted by atomic mass is 16.1. The van der Waals surface area contributed by atoms with Gasteiger partial charge >= 0.3 is 0 Å². The van der Waals surface area contributed by atoms with E-state index in [9.17, 15) is 4.79 Å². The van der Waals surface area contributed by atoms with Gasteiger partial charge in [0.2, 0.25) is 0 Å².